The molecule has 5 N–H and O–H groups in total. The van der Waals surface area contributed by atoms with E-state index >= 15 is 0 Å². The Morgan fingerprint density at radius 1 is 1.10 bits per heavy atom. The summed E-state index contributed by atoms with van der Waals surface area (Å²) < 4.78 is 0. The molecule has 0 heterocycles. The van der Waals surface area contributed by atoms with Gasteiger partial charge in [0.05, 0.1) is 0 Å². The van der Waals surface area contributed by atoms with Crippen molar-refractivity contribution in [3.05, 3.63) is 0 Å². The van der Waals surface area contributed by atoms with Gasteiger partial charge in [-0.3, -0.25) is 14.4 Å². The Morgan fingerprint density at radius 3 is 2.25 bits per heavy atom. The Kier molecular flexibility index (Phi) is 9.36. The van der Waals surface area contributed by atoms with Crippen LogP contribution in [0.15, 0.2) is 0 Å². The smallest absolute Gasteiger partial charge is 0.242 e. The number of nitrogens with two attached hydrogens (primary N) is 1. The van der Waals surface area contributed by atoms with Gasteiger partial charge in [-0.25, -0.2) is 0 Å². The van der Waals surface area contributed by atoms with E-state index in [2.05, 4.69) is 16.0 Å². The highest BCUT2D eigenvalue weighted by Gasteiger charge is 2.22. The van der Waals surface area contributed by atoms with Crippen molar-refractivity contribution >= 4 is 17.7 Å². The standard InChI is InChI=1S/C13H26N4O3/c1-4-15-13(20)11(7-5-6-8-14)17-12(19)9(2)16-10(3)18/h9,11H,4-8,14H2,1-3H3,(H,15,20)(H,16,18)(H,17,19). The molecule has 0 spiro atoms. The van der Waals surface area contributed by atoms with Gasteiger partial charge in [0, 0.05) is 13.5 Å². The topological polar surface area (TPSA) is 113 Å². The first-order valence-electron chi connectivity index (χ1n) is 6.97. The fraction of sp³-hybridized carbons (Fsp3) is 0.769. The van der Waals surface area contributed by atoms with Crippen LogP contribution in [0.1, 0.15) is 40.0 Å². The molecule has 0 saturated heterocycles. The molecule has 0 aliphatic heterocycles. The summed E-state index contributed by atoms with van der Waals surface area (Å²) in [5, 5.41) is 7.83. The van der Waals surface area contributed by atoms with Crippen LogP contribution >= 0.6 is 0 Å². The number of rotatable bonds is 9. The van der Waals surface area contributed by atoms with Crippen LogP contribution in [0.5, 0.6) is 0 Å². The number of amides is 3. The van der Waals surface area contributed by atoms with Crippen molar-refractivity contribution in [3.63, 3.8) is 0 Å². The molecule has 7 heteroatoms. The lowest BCUT2D eigenvalue weighted by atomic mass is 10.1. The molecule has 0 aromatic heterocycles. The SMILES string of the molecule is CCNC(=O)C(CCCCN)NC(=O)C(C)NC(C)=O. The highest BCUT2D eigenvalue weighted by molar-refractivity contribution is 5.91. The van der Waals surface area contributed by atoms with Crippen LogP contribution in [0.4, 0.5) is 0 Å². The van der Waals surface area contributed by atoms with E-state index in [-0.39, 0.29) is 17.7 Å². The van der Waals surface area contributed by atoms with Crippen molar-refractivity contribution in [2.45, 2.75) is 52.1 Å². The number of carbonyl (C=O) groups excluding carboxylic acids is 3. The van der Waals surface area contributed by atoms with E-state index in [1.807, 2.05) is 6.92 Å². The van der Waals surface area contributed by atoms with Gasteiger partial charge >= 0.3 is 0 Å². The fourth-order valence-corrected chi connectivity index (χ4v) is 1.73. The first kappa shape index (κ1) is 18.4. The Labute approximate surface area is 120 Å². The lowest BCUT2D eigenvalue weighted by molar-refractivity contribution is -0.131. The Hall–Kier alpha value is -1.63. The van der Waals surface area contributed by atoms with Crippen LogP contribution in [-0.2, 0) is 14.4 Å². The summed E-state index contributed by atoms with van der Waals surface area (Å²) in [5.74, 6) is -0.873. The second-order valence-corrected chi connectivity index (χ2v) is 4.66. The van der Waals surface area contributed by atoms with Crippen molar-refractivity contribution in [2.75, 3.05) is 13.1 Å². The number of nitrogens with one attached hydrogen (secondary N) is 3. The minimum atomic E-state index is -0.668. The molecule has 0 saturated carbocycles. The molecule has 0 aromatic rings. The van der Waals surface area contributed by atoms with E-state index in [0.717, 1.165) is 12.8 Å². The van der Waals surface area contributed by atoms with E-state index in [4.69, 9.17) is 5.73 Å². The molecule has 116 valence electrons. The van der Waals surface area contributed by atoms with Crippen LogP contribution in [-0.4, -0.2) is 42.9 Å². The highest BCUT2D eigenvalue weighted by Crippen LogP contribution is 2.01. The maximum atomic E-state index is 11.9. The molecule has 0 bridgehead atoms. The number of carbonyl (C=O) groups is 3. The first-order chi connectivity index (χ1) is 9.42. The molecule has 0 aliphatic rings. The van der Waals surface area contributed by atoms with Gasteiger partial charge in [-0.2, -0.15) is 0 Å². The number of unbranched alkanes of at least 4 members (excludes halogenated alkanes) is 1. The van der Waals surface area contributed by atoms with Gasteiger partial charge in [-0.1, -0.05) is 0 Å². The predicted octanol–water partition coefficient (Wildman–Crippen LogP) is -0.739. The molecule has 2 unspecified atom stereocenters. The third kappa shape index (κ3) is 7.73. The van der Waals surface area contributed by atoms with Crippen LogP contribution in [0, 0.1) is 0 Å². The largest absolute Gasteiger partial charge is 0.355 e. The first-order valence-corrected chi connectivity index (χ1v) is 6.97. The fourth-order valence-electron chi connectivity index (χ4n) is 1.73. The average Bonchev–Trinajstić information content (AvgIpc) is 2.37. The summed E-state index contributed by atoms with van der Waals surface area (Å²) in [6.45, 7) is 5.79. The van der Waals surface area contributed by atoms with Gasteiger partial charge in [-0.15, -0.1) is 0 Å². The summed E-state index contributed by atoms with van der Waals surface area (Å²) in [6, 6.07) is -1.26. The Bertz CT molecular complexity index is 334. The second-order valence-electron chi connectivity index (χ2n) is 4.66. The minimum Gasteiger partial charge on any atom is -0.355 e. The number of likely N-dealkylation sites (N-methyl/N-ethyl adjacent to an activating group) is 1. The van der Waals surface area contributed by atoms with Gasteiger partial charge in [0.25, 0.3) is 0 Å². The summed E-state index contributed by atoms with van der Waals surface area (Å²) in [7, 11) is 0. The zero-order valence-electron chi connectivity index (χ0n) is 12.5. The molecule has 2 atom stereocenters. The number of hydrogen-bond donors (Lipinski definition) is 4. The van der Waals surface area contributed by atoms with E-state index in [9.17, 15) is 14.4 Å². The van der Waals surface area contributed by atoms with Crippen molar-refractivity contribution < 1.29 is 14.4 Å². The summed E-state index contributed by atoms with van der Waals surface area (Å²) >= 11 is 0. The quantitative estimate of drug-likeness (QED) is 0.418. The van der Waals surface area contributed by atoms with Crippen LogP contribution in [0.3, 0.4) is 0 Å². The Balaban J connectivity index is 4.49. The maximum Gasteiger partial charge on any atom is 0.242 e. The molecular weight excluding hydrogens is 260 g/mol. The maximum absolute atomic E-state index is 11.9. The summed E-state index contributed by atoms with van der Waals surface area (Å²) in [5.41, 5.74) is 5.42. The van der Waals surface area contributed by atoms with Crippen molar-refractivity contribution in [3.8, 4) is 0 Å². The molecule has 0 aromatic carbocycles. The van der Waals surface area contributed by atoms with Crippen molar-refractivity contribution in [2.24, 2.45) is 5.73 Å². The van der Waals surface area contributed by atoms with Gasteiger partial charge in [-0.05, 0) is 39.7 Å². The lowest BCUT2D eigenvalue weighted by Crippen LogP contribution is -2.52. The van der Waals surface area contributed by atoms with Crippen LogP contribution in [0.25, 0.3) is 0 Å². The van der Waals surface area contributed by atoms with E-state index in [1.165, 1.54) is 6.92 Å². The van der Waals surface area contributed by atoms with E-state index in [0.29, 0.717) is 19.5 Å². The molecule has 20 heavy (non-hydrogen) atoms. The molecule has 3 amide bonds. The summed E-state index contributed by atoms with van der Waals surface area (Å²) in [4.78, 5) is 34.7. The molecule has 0 radical (unpaired) electrons. The molecule has 7 nitrogen and oxygen atoms in total. The van der Waals surface area contributed by atoms with Crippen molar-refractivity contribution in [1.82, 2.24) is 16.0 Å². The molecule has 0 fully saturated rings. The predicted molar refractivity (Wildman–Crippen MR) is 76.8 cm³/mol. The third-order valence-electron chi connectivity index (χ3n) is 2.74. The highest BCUT2D eigenvalue weighted by atomic mass is 16.2. The Morgan fingerprint density at radius 2 is 1.75 bits per heavy atom. The molecular formula is C13H26N4O3. The zero-order chi connectivity index (χ0) is 15.5. The van der Waals surface area contributed by atoms with Gasteiger partial charge < -0.3 is 21.7 Å². The second kappa shape index (κ2) is 10.2. The lowest BCUT2D eigenvalue weighted by Gasteiger charge is -2.20. The van der Waals surface area contributed by atoms with E-state index in [1.54, 1.807) is 6.92 Å². The van der Waals surface area contributed by atoms with Crippen LogP contribution < -0.4 is 21.7 Å². The monoisotopic (exact) mass is 286 g/mol. The third-order valence-corrected chi connectivity index (χ3v) is 2.74. The zero-order valence-corrected chi connectivity index (χ0v) is 12.5. The molecule has 0 rings (SSSR count). The van der Waals surface area contributed by atoms with Gasteiger partial charge in [0.1, 0.15) is 12.1 Å². The minimum absolute atomic E-state index is 0.215. The van der Waals surface area contributed by atoms with Gasteiger partial charge in [0.15, 0.2) is 0 Å². The van der Waals surface area contributed by atoms with E-state index < -0.39 is 12.1 Å². The normalized spacial score (nSPS) is 13.2. The van der Waals surface area contributed by atoms with Crippen molar-refractivity contribution in [1.29, 1.82) is 0 Å². The van der Waals surface area contributed by atoms with Crippen LogP contribution in [0.2, 0.25) is 0 Å². The molecule has 0 aliphatic carbocycles. The summed E-state index contributed by atoms with van der Waals surface area (Å²) in [6.07, 6.45) is 2.09. The number of hydrogen-bond acceptors (Lipinski definition) is 4. The van der Waals surface area contributed by atoms with Gasteiger partial charge in [0.2, 0.25) is 17.7 Å². The average molecular weight is 286 g/mol.